The molecule has 0 fully saturated rings. The first-order valence-corrected chi connectivity index (χ1v) is 7.94. The third kappa shape index (κ3) is 8.64. The number of hydrogen-bond acceptors (Lipinski definition) is 5. The highest BCUT2D eigenvalue weighted by atomic mass is 16.6. The number of benzene rings is 1. The number of esters is 1. The lowest BCUT2D eigenvalue weighted by atomic mass is 10.1. The average molecular weight is 338 g/mol. The Kier molecular flexibility index (Phi) is 8.43. The fraction of sp³-hybridized carbons (Fsp3) is 0.556. The SMILES string of the molecule is CC(C)(C)OC(=O)C(COCCCOCc1ccccc1)C(=O)O. The van der Waals surface area contributed by atoms with Crippen molar-refractivity contribution in [3.05, 3.63) is 35.9 Å². The molecular weight excluding hydrogens is 312 g/mol. The number of aliphatic carboxylic acids is 1. The van der Waals surface area contributed by atoms with Gasteiger partial charge in [0.2, 0.25) is 0 Å². The van der Waals surface area contributed by atoms with Crippen LogP contribution in [0.1, 0.15) is 32.8 Å². The summed E-state index contributed by atoms with van der Waals surface area (Å²) in [6.07, 6.45) is 0.619. The van der Waals surface area contributed by atoms with Gasteiger partial charge in [-0.25, -0.2) is 0 Å². The molecule has 0 radical (unpaired) electrons. The first-order chi connectivity index (χ1) is 11.3. The fourth-order valence-electron chi connectivity index (χ4n) is 1.84. The molecule has 1 aromatic rings. The zero-order valence-electron chi connectivity index (χ0n) is 14.5. The number of carbonyl (C=O) groups excluding carboxylic acids is 1. The Morgan fingerprint density at radius 2 is 1.71 bits per heavy atom. The molecule has 24 heavy (non-hydrogen) atoms. The number of carbonyl (C=O) groups is 2. The molecule has 6 heteroatoms. The summed E-state index contributed by atoms with van der Waals surface area (Å²) in [5.74, 6) is -3.34. The third-order valence-electron chi connectivity index (χ3n) is 2.96. The molecule has 0 bridgehead atoms. The summed E-state index contributed by atoms with van der Waals surface area (Å²) in [4.78, 5) is 23.0. The minimum Gasteiger partial charge on any atom is -0.481 e. The van der Waals surface area contributed by atoms with Gasteiger partial charge in [-0.3, -0.25) is 9.59 Å². The molecule has 1 atom stereocenters. The molecule has 6 nitrogen and oxygen atoms in total. The quantitative estimate of drug-likeness (QED) is 0.401. The number of carboxylic acids is 1. The van der Waals surface area contributed by atoms with E-state index in [9.17, 15) is 9.59 Å². The Balaban J connectivity index is 2.19. The molecule has 0 aliphatic carbocycles. The normalized spacial score (nSPS) is 12.6. The van der Waals surface area contributed by atoms with Crippen LogP contribution in [0, 0.1) is 5.92 Å². The topological polar surface area (TPSA) is 82.1 Å². The van der Waals surface area contributed by atoms with Crippen LogP contribution >= 0.6 is 0 Å². The lowest BCUT2D eigenvalue weighted by Gasteiger charge is -2.22. The van der Waals surface area contributed by atoms with Crippen molar-refractivity contribution in [2.24, 2.45) is 5.92 Å². The van der Waals surface area contributed by atoms with Crippen molar-refractivity contribution in [1.29, 1.82) is 0 Å². The Hall–Kier alpha value is -1.92. The Morgan fingerprint density at radius 3 is 2.29 bits per heavy atom. The molecule has 0 spiro atoms. The van der Waals surface area contributed by atoms with Crippen molar-refractivity contribution < 1.29 is 28.9 Å². The summed E-state index contributed by atoms with van der Waals surface area (Å²) in [7, 11) is 0. The zero-order valence-corrected chi connectivity index (χ0v) is 14.5. The highest BCUT2D eigenvalue weighted by molar-refractivity contribution is 5.94. The molecule has 1 N–H and O–H groups in total. The highest BCUT2D eigenvalue weighted by Gasteiger charge is 2.31. The van der Waals surface area contributed by atoms with Crippen LogP contribution in [0.4, 0.5) is 0 Å². The van der Waals surface area contributed by atoms with Gasteiger partial charge >= 0.3 is 11.9 Å². The molecule has 0 aliphatic rings. The summed E-state index contributed by atoms with van der Waals surface area (Å²) in [6.45, 7) is 6.21. The maximum absolute atomic E-state index is 11.8. The Morgan fingerprint density at radius 1 is 1.08 bits per heavy atom. The summed E-state index contributed by atoms with van der Waals surface area (Å²) in [6, 6.07) is 9.81. The van der Waals surface area contributed by atoms with Gasteiger partial charge in [0, 0.05) is 13.2 Å². The van der Waals surface area contributed by atoms with E-state index in [1.807, 2.05) is 30.3 Å². The first kappa shape index (κ1) is 20.1. The van der Waals surface area contributed by atoms with Gasteiger partial charge in [0.1, 0.15) is 5.60 Å². The van der Waals surface area contributed by atoms with Gasteiger partial charge in [-0.05, 0) is 32.8 Å². The van der Waals surface area contributed by atoms with Crippen LogP contribution in [0.5, 0.6) is 0 Å². The fourth-order valence-corrected chi connectivity index (χ4v) is 1.84. The van der Waals surface area contributed by atoms with E-state index in [2.05, 4.69) is 0 Å². The molecule has 1 unspecified atom stereocenters. The standard InChI is InChI=1S/C18H26O6/c1-18(2,3)24-17(21)15(16(19)20)13-23-11-7-10-22-12-14-8-5-4-6-9-14/h4-6,8-9,15H,7,10-13H2,1-3H3,(H,19,20). The van der Waals surface area contributed by atoms with E-state index >= 15 is 0 Å². The minimum absolute atomic E-state index is 0.205. The van der Waals surface area contributed by atoms with E-state index in [1.165, 1.54) is 0 Å². The van der Waals surface area contributed by atoms with E-state index in [-0.39, 0.29) is 6.61 Å². The molecule has 0 heterocycles. The summed E-state index contributed by atoms with van der Waals surface area (Å²) < 4.78 is 15.9. The first-order valence-electron chi connectivity index (χ1n) is 7.94. The highest BCUT2D eigenvalue weighted by Crippen LogP contribution is 2.12. The maximum atomic E-state index is 11.8. The van der Waals surface area contributed by atoms with Crippen LogP contribution < -0.4 is 0 Å². The molecule has 0 aliphatic heterocycles. The van der Waals surface area contributed by atoms with Crippen LogP contribution in [-0.4, -0.2) is 42.5 Å². The monoisotopic (exact) mass is 338 g/mol. The number of rotatable bonds is 10. The van der Waals surface area contributed by atoms with Crippen LogP contribution in [0.15, 0.2) is 30.3 Å². The van der Waals surface area contributed by atoms with Crippen LogP contribution in [0.25, 0.3) is 0 Å². The molecule has 0 amide bonds. The van der Waals surface area contributed by atoms with Crippen LogP contribution in [0.2, 0.25) is 0 Å². The van der Waals surface area contributed by atoms with Crippen LogP contribution in [0.3, 0.4) is 0 Å². The van der Waals surface area contributed by atoms with Crippen molar-refractivity contribution in [3.8, 4) is 0 Å². The number of hydrogen-bond donors (Lipinski definition) is 1. The second-order valence-corrected chi connectivity index (χ2v) is 6.39. The van der Waals surface area contributed by atoms with Crippen molar-refractivity contribution in [2.75, 3.05) is 19.8 Å². The van der Waals surface area contributed by atoms with E-state index in [0.717, 1.165) is 5.56 Å². The van der Waals surface area contributed by atoms with Gasteiger partial charge in [-0.15, -0.1) is 0 Å². The van der Waals surface area contributed by atoms with Crippen molar-refractivity contribution in [1.82, 2.24) is 0 Å². The van der Waals surface area contributed by atoms with Crippen molar-refractivity contribution in [3.63, 3.8) is 0 Å². The minimum atomic E-state index is -1.31. The smallest absolute Gasteiger partial charge is 0.323 e. The second-order valence-electron chi connectivity index (χ2n) is 6.39. The van der Waals surface area contributed by atoms with Gasteiger partial charge < -0.3 is 19.3 Å². The van der Waals surface area contributed by atoms with Gasteiger partial charge in [0.05, 0.1) is 13.2 Å². The number of carboxylic acid groups (broad SMARTS) is 1. The predicted octanol–water partition coefficient (Wildman–Crippen LogP) is 2.65. The Labute approximate surface area is 142 Å². The molecular formula is C18H26O6. The summed E-state index contributed by atoms with van der Waals surface area (Å²) in [5, 5.41) is 9.10. The van der Waals surface area contributed by atoms with Gasteiger partial charge in [-0.1, -0.05) is 30.3 Å². The molecule has 1 rings (SSSR count). The zero-order chi connectivity index (χ0) is 18.0. The molecule has 0 saturated carbocycles. The number of ether oxygens (including phenoxy) is 3. The largest absolute Gasteiger partial charge is 0.481 e. The maximum Gasteiger partial charge on any atom is 0.323 e. The average Bonchev–Trinajstić information content (AvgIpc) is 2.48. The second kappa shape index (κ2) is 10.1. The van der Waals surface area contributed by atoms with E-state index in [4.69, 9.17) is 19.3 Å². The van der Waals surface area contributed by atoms with Crippen LogP contribution in [-0.2, 0) is 30.4 Å². The molecule has 1 aromatic carbocycles. The predicted molar refractivity (Wildman–Crippen MR) is 88.5 cm³/mol. The summed E-state index contributed by atoms with van der Waals surface area (Å²) in [5.41, 5.74) is 0.366. The molecule has 134 valence electrons. The van der Waals surface area contributed by atoms with E-state index in [1.54, 1.807) is 20.8 Å². The lowest BCUT2D eigenvalue weighted by Crippen LogP contribution is -2.35. The van der Waals surface area contributed by atoms with E-state index < -0.39 is 23.5 Å². The van der Waals surface area contributed by atoms with Gasteiger partial charge in [0.15, 0.2) is 5.92 Å². The van der Waals surface area contributed by atoms with Crippen molar-refractivity contribution in [2.45, 2.75) is 39.4 Å². The van der Waals surface area contributed by atoms with Crippen molar-refractivity contribution >= 4 is 11.9 Å². The van der Waals surface area contributed by atoms with Gasteiger partial charge in [0.25, 0.3) is 0 Å². The Bertz CT molecular complexity index is 506. The van der Waals surface area contributed by atoms with Gasteiger partial charge in [-0.2, -0.15) is 0 Å². The lowest BCUT2D eigenvalue weighted by molar-refractivity contribution is -0.169. The third-order valence-corrected chi connectivity index (χ3v) is 2.96. The molecule has 0 saturated heterocycles. The van der Waals surface area contributed by atoms with E-state index in [0.29, 0.717) is 26.2 Å². The molecule has 0 aromatic heterocycles. The summed E-state index contributed by atoms with van der Waals surface area (Å²) >= 11 is 0.